The first-order chi connectivity index (χ1) is 8.23. The van der Waals surface area contributed by atoms with Gasteiger partial charge in [-0.2, -0.15) is 0 Å². The molecule has 1 heterocycles. The highest BCUT2D eigenvalue weighted by Gasteiger charge is 2.36. The summed E-state index contributed by atoms with van der Waals surface area (Å²) in [4.78, 5) is 24.0. The van der Waals surface area contributed by atoms with Crippen LogP contribution in [0.3, 0.4) is 0 Å². The molecule has 0 aromatic carbocycles. The van der Waals surface area contributed by atoms with Crippen LogP contribution in [-0.4, -0.2) is 54.0 Å². The van der Waals surface area contributed by atoms with Crippen LogP contribution in [0.15, 0.2) is 0 Å². The Labute approximate surface area is 107 Å². The molecule has 18 heavy (non-hydrogen) atoms. The standard InChI is InChI=1S/C12H21NO5/c1-12(2,3)18-11(16)13-6-8(7-13)5-9(17-4)10(14)15/h8-9H,5-7H2,1-4H3,(H,14,15). The molecule has 0 radical (unpaired) electrons. The van der Waals surface area contributed by atoms with E-state index in [0.717, 1.165) is 0 Å². The summed E-state index contributed by atoms with van der Waals surface area (Å²) in [5.41, 5.74) is -0.502. The molecule has 0 bridgehead atoms. The molecule has 1 amide bonds. The summed E-state index contributed by atoms with van der Waals surface area (Å²) in [7, 11) is 1.38. The molecule has 0 aromatic rings. The van der Waals surface area contributed by atoms with E-state index in [1.54, 1.807) is 4.90 Å². The molecule has 1 rings (SSSR count). The predicted octanol–water partition coefficient (Wildman–Crippen LogP) is 1.34. The van der Waals surface area contributed by atoms with E-state index in [4.69, 9.17) is 14.6 Å². The number of carbonyl (C=O) groups excluding carboxylic acids is 1. The number of amides is 1. The number of methoxy groups -OCH3 is 1. The van der Waals surface area contributed by atoms with Gasteiger partial charge in [-0.1, -0.05) is 0 Å². The van der Waals surface area contributed by atoms with Crippen molar-refractivity contribution in [1.82, 2.24) is 4.90 Å². The molecule has 104 valence electrons. The Kier molecular flexibility index (Phi) is 4.56. The van der Waals surface area contributed by atoms with Crippen molar-refractivity contribution in [1.29, 1.82) is 0 Å². The topological polar surface area (TPSA) is 76.1 Å². The number of carboxylic acids is 1. The third-order valence-corrected chi connectivity index (χ3v) is 2.72. The first-order valence-corrected chi connectivity index (χ1v) is 5.96. The third-order valence-electron chi connectivity index (χ3n) is 2.72. The molecule has 1 aliphatic rings. The first-order valence-electron chi connectivity index (χ1n) is 5.96. The van der Waals surface area contributed by atoms with Gasteiger partial charge in [-0.25, -0.2) is 9.59 Å². The third kappa shape index (κ3) is 4.18. The van der Waals surface area contributed by atoms with Crippen molar-refractivity contribution in [2.75, 3.05) is 20.2 Å². The number of rotatable bonds is 4. The number of aliphatic carboxylic acids is 1. The van der Waals surface area contributed by atoms with Crippen LogP contribution in [0.4, 0.5) is 4.79 Å². The van der Waals surface area contributed by atoms with E-state index >= 15 is 0 Å². The monoisotopic (exact) mass is 259 g/mol. The van der Waals surface area contributed by atoms with Crippen LogP contribution < -0.4 is 0 Å². The second kappa shape index (κ2) is 5.56. The van der Waals surface area contributed by atoms with E-state index in [9.17, 15) is 9.59 Å². The minimum atomic E-state index is -0.965. The summed E-state index contributed by atoms with van der Waals surface area (Å²) < 4.78 is 10.1. The van der Waals surface area contributed by atoms with Crippen LogP contribution in [0.25, 0.3) is 0 Å². The Morgan fingerprint density at radius 1 is 1.39 bits per heavy atom. The molecule has 1 aliphatic heterocycles. The van der Waals surface area contributed by atoms with E-state index in [1.165, 1.54) is 7.11 Å². The summed E-state index contributed by atoms with van der Waals surface area (Å²) in [6, 6.07) is 0. The predicted molar refractivity (Wildman–Crippen MR) is 64.3 cm³/mol. The van der Waals surface area contributed by atoms with Gasteiger partial charge in [-0.05, 0) is 33.1 Å². The van der Waals surface area contributed by atoms with Crippen molar-refractivity contribution in [3.05, 3.63) is 0 Å². The van der Waals surface area contributed by atoms with E-state index in [-0.39, 0.29) is 12.0 Å². The molecule has 0 spiro atoms. The largest absolute Gasteiger partial charge is 0.479 e. The van der Waals surface area contributed by atoms with Crippen molar-refractivity contribution < 1.29 is 24.2 Å². The van der Waals surface area contributed by atoms with Gasteiger partial charge in [-0.15, -0.1) is 0 Å². The molecular formula is C12H21NO5. The maximum Gasteiger partial charge on any atom is 0.410 e. The zero-order chi connectivity index (χ0) is 13.9. The Morgan fingerprint density at radius 2 is 1.94 bits per heavy atom. The lowest BCUT2D eigenvalue weighted by atomic mass is 9.94. The zero-order valence-electron chi connectivity index (χ0n) is 11.3. The second-order valence-electron chi connectivity index (χ2n) is 5.55. The molecule has 1 N–H and O–H groups in total. The molecule has 0 aliphatic carbocycles. The maximum absolute atomic E-state index is 11.6. The highest BCUT2D eigenvalue weighted by Crippen LogP contribution is 2.23. The van der Waals surface area contributed by atoms with Crippen LogP contribution in [-0.2, 0) is 14.3 Å². The fourth-order valence-electron chi connectivity index (χ4n) is 1.80. The second-order valence-corrected chi connectivity index (χ2v) is 5.55. The lowest BCUT2D eigenvalue weighted by molar-refractivity contribution is -0.150. The van der Waals surface area contributed by atoms with Gasteiger partial charge in [0.1, 0.15) is 5.60 Å². The summed E-state index contributed by atoms with van der Waals surface area (Å²) in [5.74, 6) is -0.799. The highest BCUT2D eigenvalue weighted by molar-refractivity contribution is 5.72. The Morgan fingerprint density at radius 3 is 2.33 bits per heavy atom. The number of hydrogen-bond acceptors (Lipinski definition) is 4. The number of carbonyl (C=O) groups is 2. The molecule has 6 heteroatoms. The van der Waals surface area contributed by atoms with Gasteiger partial charge in [0.2, 0.25) is 0 Å². The number of likely N-dealkylation sites (tertiary alicyclic amines) is 1. The molecule has 1 atom stereocenters. The molecule has 1 saturated heterocycles. The highest BCUT2D eigenvalue weighted by atomic mass is 16.6. The Hall–Kier alpha value is -1.30. The van der Waals surface area contributed by atoms with Crippen LogP contribution in [0.2, 0.25) is 0 Å². The summed E-state index contributed by atoms with van der Waals surface area (Å²) in [5, 5.41) is 8.84. The van der Waals surface area contributed by atoms with Gasteiger partial charge in [0, 0.05) is 20.2 Å². The fraction of sp³-hybridized carbons (Fsp3) is 0.833. The quantitative estimate of drug-likeness (QED) is 0.824. The SMILES string of the molecule is COC(CC1CN(C(=O)OC(C)(C)C)C1)C(=O)O. The van der Waals surface area contributed by atoms with E-state index < -0.39 is 17.7 Å². The van der Waals surface area contributed by atoms with Gasteiger partial charge in [0.05, 0.1) is 0 Å². The number of carboxylic acid groups (broad SMARTS) is 1. The van der Waals surface area contributed by atoms with Gasteiger partial charge >= 0.3 is 12.1 Å². The fourth-order valence-corrected chi connectivity index (χ4v) is 1.80. The number of ether oxygens (including phenoxy) is 2. The van der Waals surface area contributed by atoms with Crippen molar-refractivity contribution >= 4 is 12.1 Å². The Balaban J connectivity index is 2.31. The lowest BCUT2D eigenvalue weighted by Gasteiger charge is -2.40. The van der Waals surface area contributed by atoms with Crippen LogP contribution in [0.5, 0.6) is 0 Å². The molecule has 1 fully saturated rings. The summed E-state index contributed by atoms with van der Waals surface area (Å²) in [6.07, 6.45) is -0.718. The van der Waals surface area contributed by atoms with Crippen molar-refractivity contribution in [3.63, 3.8) is 0 Å². The van der Waals surface area contributed by atoms with Crippen molar-refractivity contribution in [3.8, 4) is 0 Å². The normalized spacial score (nSPS) is 18.1. The van der Waals surface area contributed by atoms with Crippen LogP contribution in [0, 0.1) is 5.92 Å². The van der Waals surface area contributed by atoms with Gasteiger partial charge < -0.3 is 19.5 Å². The smallest absolute Gasteiger partial charge is 0.410 e. The van der Waals surface area contributed by atoms with Crippen molar-refractivity contribution in [2.45, 2.75) is 38.9 Å². The first kappa shape index (κ1) is 14.8. The zero-order valence-corrected chi connectivity index (χ0v) is 11.3. The molecular weight excluding hydrogens is 238 g/mol. The van der Waals surface area contributed by atoms with E-state index in [0.29, 0.717) is 19.5 Å². The van der Waals surface area contributed by atoms with Crippen LogP contribution in [0.1, 0.15) is 27.2 Å². The molecule has 1 unspecified atom stereocenters. The maximum atomic E-state index is 11.6. The van der Waals surface area contributed by atoms with Crippen LogP contribution >= 0.6 is 0 Å². The average Bonchev–Trinajstić information content (AvgIpc) is 2.12. The minimum absolute atomic E-state index is 0.165. The minimum Gasteiger partial charge on any atom is -0.479 e. The molecule has 6 nitrogen and oxygen atoms in total. The molecule has 0 aromatic heterocycles. The van der Waals surface area contributed by atoms with Crippen molar-refractivity contribution in [2.24, 2.45) is 5.92 Å². The van der Waals surface area contributed by atoms with Gasteiger partial charge in [0.15, 0.2) is 6.10 Å². The number of hydrogen-bond donors (Lipinski definition) is 1. The Bertz CT molecular complexity index is 317. The van der Waals surface area contributed by atoms with E-state index in [2.05, 4.69) is 0 Å². The summed E-state index contributed by atoms with van der Waals surface area (Å²) >= 11 is 0. The van der Waals surface area contributed by atoms with E-state index in [1.807, 2.05) is 20.8 Å². The molecule has 0 saturated carbocycles. The summed E-state index contributed by atoms with van der Waals surface area (Å²) in [6.45, 7) is 6.50. The lowest BCUT2D eigenvalue weighted by Crippen LogP contribution is -2.52. The van der Waals surface area contributed by atoms with Gasteiger partial charge in [0.25, 0.3) is 0 Å². The average molecular weight is 259 g/mol. The van der Waals surface area contributed by atoms with Gasteiger partial charge in [-0.3, -0.25) is 0 Å². The number of nitrogens with zero attached hydrogens (tertiary/aromatic N) is 1.